The van der Waals surface area contributed by atoms with Gasteiger partial charge in [-0.2, -0.15) is 0 Å². The zero-order valence-electron chi connectivity index (χ0n) is 18.2. The number of ether oxygens (including phenoxy) is 2. The molecule has 0 bridgehead atoms. The van der Waals surface area contributed by atoms with Crippen LogP contribution in [0, 0.1) is 0 Å². The molecule has 1 amide bonds. The lowest BCUT2D eigenvalue weighted by atomic mass is 9.78. The zero-order chi connectivity index (χ0) is 23.9. The van der Waals surface area contributed by atoms with Crippen molar-refractivity contribution in [1.29, 1.82) is 0 Å². The van der Waals surface area contributed by atoms with Crippen molar-refractivity contribution in [1.82, 2.24) is 5.32 Å². The van der Waals surface area contributed by atoms with Gasteiger partial charge < -0.3 is 25.0 Å². The molecule has 32 heavy (non-hydrogen) atoms. The summed E-state index contributed by atoms with van der Waals surface area (Å²) >= 11 is 18.4. The smallest absolute Gasteiger partial charge is 0.216 e. The molecule has 0 aliphatic heterocycles. The van der Waals surface area contributed by atoms with E-state index in [2.05, 4.69) is 5.32 Å². The molecule has 0 unspecified atom stereocenters. The van der Waals surface area contributed by atoms with Crippen molar-refractivity contribution in [2.45, 2.75) is 38.4 Å². The third kappa shape index (κ3) is 7.42. The number of aliphatic hydroxyl groups is 2. The summed E-state index contributed by atoms with van der Waals surface area (Å²) in [7, 11) is 0. The number of carbonyl (C=O) groups excluding carboxylic acids is 1. The molecule has 0 spiro atoms. The van der Waals surface area contributed by atoms with Crippen LogP contribution in [0.25, 0.3) is 0 Å². The van der Waals surface area contributed by atoms with Gasteiger partial charge in [0, 0.05) is 18.9 Å². The first-order valence-electron chi connectivity index (χ1n) is 10.1. The van der Waals surface area contributed by atoms with Crippen LogP contribution in [0.2, 0.25) is 10.0 Å². The van der Waals surface area contributed by atoms with E-state index >= 15 is 0 Å². The second-order valence-electron chi connectivity index (χ2n) is 7.94. The number of rotatable bonds is 11. The number of hydrogen-bond acceptors (Lipinski definition) is 5. The van der Waals surface area contributed by atoms with Gasteiger partial charge in [-0.1, -0.05) is 49.2 Å². The van der Waals surface area contributed by atoms with Gasteiger partial charge in [-0.05, 0) is 35.4 Å². The monoisotopic (exact) mass is 503 g/mol. The number of hydrogen-bond donors (Lipinski definition) is 3. The minimum atomic E-state index is -0.813. The van der Waals surface area contributed by atoms with Crippen LogP contribution >= 0.6 is 34.8 Å². The SMILES string of the molecule is CC(=O)NC[C@H](O)COc1ccc(C(C)(C)c2cc(Cl)c(OC[C@@H](O)CCl)c(Cl)c2)cc1. The number of amides is 1. The Balaban J connectivity index is 2.10. The Bertz CT molecular complexity index is 882. The van der Waals surface area contributed by atoms with Crippen LogP contribution in [0.3, 0.4) is 0 Å². The molecule has 0 saturated heterocycles. The summed E-state index contributed by atoms with van der Waals surface area (Å²) in [5.74, 6) is 0.750. The Kier molecular flexibility index (Phi) is 9.92. The van der Waals surface area contributed by atoms with Gasteiger partial charge in [0.05, 0.1) is 15.9 Å². The van der Waals surface area contributed by atoms with E-state index in [4.69, 9.17) is 44.3 Å². The molecule has 2 aromatic rings. The maximum atomic E-state index is 10.9. The molecule has 2 rings (SSSR count). The van der Waals surface area contributed by atoms with E-state index in [1.807, 2.05) is 38.1 Å². The van der Waals surface area contributed by atoms with Crippen molar-refractivity contribution in [2.75, 3.05) is 25.6 Å². The maximum absolute atomic E-state index is 10.9. The summed E-state index contributed by atoms with van der Waals surface area (Å²) in [5, 5.41) is 22.7. The quantitative estimate of drug-likeness (QED) is 0.400. The Morgan fingerprint density at radius 3 is 2.09 bits per heavy atom. The van der Waals surface area contributed by atoms with Crippen LogP contribution in [0.1, 0.15) is 31.9 Å². The summed E-state index contributed by atoms with van der Waals surface area (Å²) in [4.78, 5) is 10.9. The van der Waals surface area contributed by atoms with E-state index in [9.17, 15) is 15.0 Å². The van der Waals surface area contributed by atoms with Crippen LogP contribution in [0.5, 0.6) is 11.5 Å². The molecule has 176 valence electrons. The predicted molar refractivity (Wildman–Crippen MR) is 127 cm³/mol. The van der Waals surface area contributed by atoms with Crippen molar-refractivity contribution in [3.8, 4) is 11.5 Å². The largest absolute Gasteiger partial charge is 0.491 e. The van der Waals surface area contributed by atoms with Gasteiger partial charge in [0.1, 0.15) is 31.2 Å². The Morgan fingerprint density at radius 1 is 1.00 bits per heavy atom. The number of nitrogens with one attached hydrogen (secondary N) is 1. The highest BCUT2D eigenvalue weighted by atomic mass is 35.5. The van der Waals surface area contributed by atoms with Gasteiger partial charge >= 0.3 is 0 Å². The van der Waals surface area contributed by atoms with Crippen LogP contribution < -0.4 is 14.8 Å². The van der Waals surface area contributed by atoms with Crippen LogP contribution in [-0.2, 0) is 10.2 Å². The lowest BCUT2D eigenvalue weighted by Crippen LogP contribution is -2.33. The van der Waals surface area contributed by atoms with Crippen molar-refractivity contribution in [3.63, 3.8) is 0 Å². The number of alkyl halides is 1. The third-order valence-electron chi connectivity index (χ3n) is 4.92. The molecule has 0 radical (unpaired) electrons. The van der Waals surface area contributed by atoms with Crippen LogP contribution in [0.15, 0.2) is 36.4 Å². The minimum Gasteiger partial charge on any atom is -0.491 e. The second-order valence-corrected chi connectivity index (χ2v) is 9.06. The average molecular weight is 505 g/mol. The molecule has 0 heterocycles. The van der Waals surface area contributed by atoms with Crippen molar-refractivity contribution < 1.29 is 24.5 Å². The van der Waals surface area contributed by atoms with E-state index in [1.165, 1.54) is 6.92 Å². The summed E-state index contributed by atoms with van der Waals surface area (Å²) in [5.41, 5.74) is 1.46. The first-order chi connectivity index (χ1) is 15.0. The van der Waals surface area contributed by atoms with Gasteiger partial charge in [0.25, 0.3) is 0 Å². The van der Waals surface area contributed by atoms with Crippen LogP contribution in [-0.4, -0.2) is 54.0 Å². The highest BCUT2D eigenvalue weighted by Gasteiger charge is 2.26. The van der Waals surface area contributed by atoms with Crippen molar-refractivity contribution >= 4 is 40.7 Å². The highest BCUT2D eigenvalue weighted by molar-refractivity contribution is 6.37. The van der Waals surface area contributed by atoms with Crippen molar-refractivity contribution in [3.05, 3.63) is 57.6 Å². The average Bonchev–Trinajstić information content (AvgIpc) is 2.75. The van der Waals surface area contributed by atoms with E-state index in [-0.39, 0.29) is 31.5 Å². The number of benzene rings is 2. The normalized spacial score (nSPS) is 13.4. The summed E-state index contributed by atoms with van der Waals surface area (Å²) in [6.45, 7) is 5.66. The molecule has 6 nitrogen and oxygen atoms in total. The fraction of sp³-hybridized carbons (Fsp3) is 0.435. The molecule has 3 N–H and O–H groups in total. The van der Waals surface area contributed by atoms with Gasteiger partial charge in [0.2, 0.25) is 5.91 Å². The van der Waals surface area contributed by atoms with Gasteiger partial charge in [-0.3, -0.25) is 4.79 Å². The second kappa shape index (κ2) is 12.0. The topological polar surface area (TPSA) is 88.0 Å². The number of carbonyl (C=O) groups is 1. The Morgan fingerprint density at radius 2 is 1.56 bits per heavy atom. The highest BCUT2D eigenvalue weighted by Crippen LogP contribution is 2.40. The Labute approximate surface area is 203 Å². The molecule has 2 atom stereocenters. The summed E-state index contributed by atoms with van der Waals surface area (Å²) < 4.78 is 11.1. The molecule has 0 aliphatic carbocycles. The summed E-state index contributed by atoms with van der Waals surface area (Å²) in [6, 6.07) is 11.1. The van der Waals surface area contributed by atoms with Gasteiger partial charge in [-0.15, -0.1) is 11.6 Å². The summed E-state index contributed by atoms with van der Waals surface area (Å²) in [6.07, 6.45) is -1.61. The molecule has 9 heteroatoms. The van der Waals surface area contributed by atoms with E-state index in [1.54, 1.807) is 12.1 Å². The molecular formula is C23H28Cl3NO5. The number of halogens is 3. The fourth-order valence-corrected chi connectivity index (χ4v) is 3.62. The lowest BCUT2D eigenvalue weighted by molar-refractivity contribution is -0.119. The zero-order valence-corrected chi connectivity index (χ0v) is 20.5. The first kappa shape index (κ1) is 26.6. The molecule has 0 aliphatic rings. The van der Waals surface area contributed by atoms with Crippen molar-refractivity contribution in [2.24, 2.45) is 0 Å². The molecular weight excluding hydrogens is 477 g/mol. The third-order valence-corrected chi connectivity index (χ3v) is 5.84. The standard InChI is InChI=1S/C23H28Cl3NO5/c1-14(28)27-11-18(30)13-31-19-6-4-15(5-7-19)23(2,3)16-8-20(25)22(21(26)9-16)32-12-17(29)10-24/h4-9,17-18,29-30H,10-13H2,1-3H3,(H,27,28)/t17-,18-/m0/s1. The van der Waals surface area contributed by atoms with Crippen LogP contribution in [0.4, 0.5) is 0 Å². The lowest BCUT2D eigenvalue weighted by Gasteiger charge is -2.27. The molecule has 2 aromatic carbocycles. The maximum Gasteiger partial charge on any atom is 0.216 e. The molecule has 0 aromatic heterocycles. The number of aliphatic hydroxyl groups excluding tert-OH is 2. The van der Waals surface area contributed by atoms with E-state index in [0.29, 0.717) is 21.5 Å². The molecule has 0 saturated carbocycles. The predicted octanol–water partition coefficient (Wildman–Crippen LogP) is 4.17. The van der Waals surface area contributed by atoms with E-state index in [0.717, 1.165) is 11.1 Å². The van der Waals surface area contributed by atoms with Gasteiger partial charge in [-0.25, -0.2) is 0 Å². The first-order valence-corrected chi connectivity index (χ1v) is 11.4. The minimum absolute atomic E-state index is 0.00729. The van der Waals surface area contributed by atoms with E-state index < -0.39 is 17.6 Å². The Hall–Kier alpha value is -1.70. The molecule has 0 fully saturated rings. The van der Waals surface area contributed by atoms with Gasteiger partial charge in [0.15, 0.2) is 5.75 Å². The fourth-order valence-electron chi connectivity index (χ4n) is 2.93.